The van der Waals surface area contributed by atoms with Crippen molar-refractivity contribution in [1.82, 2.24) is 4.90 Å². The number of amides is 1. The molecule has 0 radical (unpaired) electrons. The predicted molar refractivity (Wildman–Crippen MR) is 83.3 cm³/mol. The number of anilines is 1. The van der Waals surface area contributed by atoms with Crippen molar-refractivity contribution in [2.45, 2.75) is 26.3 Å². The van der Waals surface area contributed by atoms with E-state index in [1.165, 1.54) is 12.1 Å². The maximum atomic E-state index is 13.1. The maximum absolute atomic E-state index is 13.1. The Hall–Kier alpha value is -1.46. The highest BCUT2D eigenvalue weighted by Gasteiger charge is 2.46. The fraction of sp³-hybridized carbons (Fsp3) is 0.588. The molecule has 1 aromatic rings. The molecule has 2 saturated heterocycles. The molecule has 0 saturated carbocycles. The van der Waals surface area contributed by atoms with Crippen molar-refractivity contribution >= 4 is 11.6 Å². The van der Waals surface area contributed by atoms with Crippen molar-refractivity contribution < 1.29 is 13.9 Å². The van der Waals surface area contributed by atoms with Gasteiger partial charge in [-0.05, 0) is 38.1 Å². The van der Waals surface area contributed by atoms with Crippen LogP contribution in [0.1, 0.15) is 20.3 Å². The molecule has 4 nitrogen and oxygen atoms in total. The Balaban J connectivity index is 1.81. The Morgan fingerprint density at radius 3 is 2.64 bits per heavy atom. The topological polar surface area (TPSA) is 32.8 Å². The lowest BCUT2D eigenvalue weighted by molar-refractivity contribution is -0.118. The van der Waals surface area contributed by atoms with E-state index >= 15 is 0 Å². The van der Waals surface area contributed by atoms with Crippen LogP contribution in [0.4, 0.5) is 10.1 Å². The van der Waals surface area contributed by atoms with Gasteiger partial charge in [0.15, 0.2) is 0 Å². The van der Waals surface area contributed by atoms with E-state index in [1.807, 2.05) is 0 Å². The number of carbonyl (C=O) groups excluding carboxylic acids is 1. The molecule has 1 aromatic carbocycles. The molecule has 1 amide bonds. The highest BCUT2D eigenvalue weighted by atomic mass is 19.1. The first kappa shape index (κ1) is 15.4. The fourth-order valence-corrected chi connectivity index (χ4v) is 3.42. The van der Waals surface area contributed by atoms with Gasteiger partial charge in [0.05, 0.1) is 13.2 Å². The maximum Gasteiger partial charge on any atom is 0.227 e. The SMILES string of the molecule is CC(C)N1CCOC[C@]2(CC(=O)N(c3ccc(F)cc3)C2)C1. The van der Waals surface area contributed by atoms with Gasteiger partial charge in [0.25, 0.3) is 0 Å². The summed E-state index contributed by atoms with van der Waals surface area (Å²) in [6.45, 7) is 8.09. The minimum Gasteiger partial charge on any atom is -0.379 e. The molecule has 3 rings (SSSR count). The summed E-state index contributed by atoms with van der Waals surface area (Å²) < 4.78 is 18.9. The van der Waals surface area contributed by atoms with Crippen LogP contribution >= 0.6 is 0 Å². The van der Waals surface area contributed by atoms with Gasteiger partial charge in [0.1, 0.15) is 5.82 Å². The number of ether oxygens (including phenoxy) is 1. The summed E-state index contributed by atoms with van der Waals surface area (Å²) in [5, 5.41) is 0. The molecule has 2 aliphatic rings. The zero-order valence-electron chi connectivity index (χ0n) is 13.2. The van der Waals surface area contributed by atoms with Gasteiger partial charge in [-0.2, -0.15) is 0 Å². The summed E-state index contributed by atoms with van der Waals surface area (Å²) >= 11 is 0. The predicted octanol–water partition coefficient (Wildman–Crippen LogP) is 2.29. The third kappa shape index (κ3) is 3.01. The molecule has 120 valence electrons. The Kier molecular flexibility index (Phi) is 4.19. The second kappa shape index (κ2) is 5.97. The van der Waals surface area contributed by atoms with Crippen molar-refractivity contribution in [3.63, 3.8) is 0 Å². The Labute approximate surface area is 130 Å². The highest BCUT2D eigenvalue weighted by molar-refractivity contribution is 5.96. The van der Waals surface area contributed by atoms with Crippen LogP contribution in [0.15, 0.2) is 24.3 Å². The molecule has 1 atom stereocenters. The quantitative estimate of drug-likeness (QED) is 0.840. The minimum atomic E-state index is -0.283. The molecular weight excluding hydrogens is 283 g/mol. The molecule has 2 fully saturated rings. The zero-order valence-corrected chi connectivity index (χ0v) is 13.2. The number of nitrogens with zero attached hydrogens (tertiary/aromatic N) is 2. The van der Waals surface area contributed by atoms with Crippen LogP contribution in [0, 0.1) is 11.2 Å². The molecule has 0 bridgehead atoms. The van der Waals surface area contributed by atoms with E-state index in [0.717, 1.165) is 18.8 Å². The fourth-order valence-electron chi connectivity index (χ4n) is 3.42. The van der Waals surface area contributed by atoms with Crippen LogP contribution in [0.25, 0.3) is 0 Å². The number of rotatable bonds is 2. The van der Waals surface area contributed by atoms with Crippen molar-refractivity contribution in [2.75, 3.05) is 37.7 Å². The summed E-state index contributed by atoms with van der Waals surface area (Å²) in [7, 11) is 0. The average molecular weight is 306 g/mol. The van der Waals surface area contributed by atoms with Crippen LogP contribution in [-0.2, 0) is 9.53 Å². The lowest BCUT2D eigenvalue weighted by atomic mass is 9.87. The van der Waals surface area contributed by atoms with E-state index in [2.05, 4.69) is 18.7 Å². The van der Waals surface area contributed by atoms with Crippen LogP contribution < -0.4 is 4.90 Å². The van der Waals surface area contributed by atoms with Crippen LogP contribution in [0.3, 0.4) is 0 Å². The van der Waals surface area contributed by atoms with Crippen molar-refractivity contribution in [2.24, 2.45) is 5.41 Å². The number of hydrogen-bond acceptors (Lipinski definition) is 3. The summed E-state index contributed by atoms with van der Waals surface area (Å²) in [5.41, 5.74) is 0.607. The monoisotopic (exact) mass is 306 g/mol. The molecule has 5 heteroatoms. The number of halogens is 1. The summed E-state index contributed by atoms with van der Waals surface area (Å²) in [5.74, 6) is -0.185. The second-order valence-electron chi connectivity index (χ2n) is 6.75. The van der Waals surface area contributed by atoms with Gasteiger partial charge >= 0.3 is 0 Å². The van der Waals surface area contributed by atoms with E-state index in [-0.39, 0.29) is 17.1 Å². The summed E-state index contributed by atoms with van der Waals surface area (Å²) in [6.07, 6.45) is 0.494. The number of hydrogen-bond donors (Lipinski definition) is 0. The van der Waals surface area contributed by atoms with Crippen LogP contribution in [0.5, 0.6) is 0 Å². The largest absolute Gasteiger partial charge is 0.379 e. The van der Waals surface area contributed by atoms with Gasteiger partial charge in [0, 0.05) is 43.2 Å². The van der Waals surface area contributed by atoms with E-state index < -0.39 is 0 Å². The smallest absolute Gasteiger partial charge is 0.227 e. The molecule has 22 heavy (non-hydrogen) atoms. The molecule has 2 heterocycles. The van der Waals surface area contributed by atoms with Gasteiger partial charge < -0.3 is 9.64 Å². The van der Waals surface area contributed by atoms with Gasteiger partial charge in [-0.3, -0.25) is 9.69 Å². The van der Waals surface area contributed by atoms with E-state index in [9.17, 15) is 9.18 Å². The van der Waals surface area contributed by atoms with Gasteiger partial charge in [-0.15, -0.1) is 0 Å². The Bertz CT molecular complexity index is 546. The average Bonchev–Trinajstić information content (AvgIpc) is 2.67. The van der Waals surface area contributed by atoms with Crippen LogP contribution in [0.2, 0.25) is 0 Å². The third-order valence-corrected chi connectivity index (χ3v) is 4.66. The van der Waals surface area contributed by atoms with Crippen molar-refractivity contribution in [3.05, 3.63) is 30.1 Å². The lowest BCUT2D eigenvalue weighted by Gasteiger charge is -2.33. The molecule has 0 aliphatic carbocycles. The zero-order chi connectivity index (χ0) is 15.7. The van der Waals surface area contributed by atoms with E-state index in [0.29, 0.717) is 32.2 Å². The molecular formula is C17H23FN2O2. The first-order valence-corrected chi connectivity index (χ1v) is 7.87. The Morgan fingerprint density at radius 2 is 1.95 bits per heavy atom. The van der Waals surface area contributed by atoms with Crippen LogP contribution in [-0.4, -0.2) is 49.7 Å². The molecule has 1 spiro atoms. The van der Waals surface area contributed by atoms with Gasteiger partial charge in [-0.1, -0.05) is 0 Å². The van der Waals surface area contributed by atoms with Gasteiger partial charge in [-0.25, -0.2) is 4.39 Å². The van der Waals surface area contributed by atoms with E-state index in [4.69, 9.17) is 4.74 Å². The molecule has 0 aromatic heterocycles. The summed E-state index contributed by atoms with van der Waals surface area (Å²) in [4.78, 5) is 16.6. The first-order valence-electron chi connectivity index (χ1n) is 7.87. The second-order valence-corrected chi connectivity index (χ2v) is 6.75. The minimum absolute atomic E-state index is 0.0980. The molecule has 0 unspecified atom stereocenters. The lowest BCUT2D eigenvalue weighted by Crippen LogP contribution is -2.43. The standard InChI is InChI=1S/C17H23FN2O2/c1-13(2)19-7-8-22-12-17(10-19)9-16(21)20(11-17)15-5-3-14(18)4-6-15/h3-6,13H,7-12H2,1-2H3/t17-/m1/s1. The number of benzene rings is 1. The normalized spacial score (nSPS) is 26.9. The highest BCUT2D eigenvalue weighted by Crippen LogP contribution is 2.37. The molecule has 0 N–H and O–H groups in total. The first-order chi connectivity index (χ1) is 10.5. The summed E-state index contributed by atoms with van der Waals surface area (Å²) in [6, 6.07) is 6.58. The van der Waals surface area contributed by atoms with E-state index in [1.54, 1.807) is 17.0 Å². The van der Waals surface area contributed by atoms with Crippen molar-refractivity contribution in [1.29, 1.82) is 0 Å². The molecule has 2 aliphatic heterocycles. The number of carbonyl (C=O) groups is 1. The Morgan fingerprint density at radius 1 is 1.23 bits per heavy atom. The van der Waals surface area contributed by atoms with Gasteiger partial charge in [0.2, 0.25) is 5.91 Å². The van der Waals surface area contributed by atoms with Crippen molar-refractivity contribution in [3.8, 4) is 0 Å². The third-order valence-electron chi connectivity index (χ3n) is 4.66.